The number of hydrogen-bond acceptors (Lipinski definition) is 5. The molecule has 1 amide bonds. The maximum Gasteiger partial charge on any atom is 0.307 e. The van der Waals surface area contributed by atoms with Gasteiger partial charge in [0.15, 0.2) is 10.6 Å². The molecule has 2 N–H and O–H groups in total. The second-order valence-electron chi connectivity index (χ2n) is 6.93. The van der Waals surface area contributed by atoms with E-state index < -0.39 is 6.04 Å². The van der Waals surface area contributed by atoms with Crippen molar-refractivity contribution in [3.05, 3.63) is 70.5 Å². The Balaban J connectivity index is 1.70. The number of rotatable bonds is 8. The van der Waals surface area contributed by atoms with Gasteiger partial charge in [-0.3, -0.25) is 19.3 Å². The molecule has 1 atom stereocenters. The summed E-state index contributed by atoms with van der Waals surface area (Å²) in [5, 5.41) is 10.0. The third kappa shape index (κ3) is 5.42. The molecule has 0 aliphatic heterocycles. The van der Waals surface area contributed by atoms with E-state index in [0.717, 1.165) is 16.7 Å². The molecule has 0 aliphatic carbocycles. The zero-order valence-electron chi connectivity index (χ0n) is 16.9. The number of carbonyl (C=O) groups is 2. The number of nitrogens with one attached hydrogen (secondary N) is 2. The fourth-order valence-corrected chi connectivity index (χ4v) is 3.34. The SMILES string of the molecule is COC(=O)CC(NC(=O)CCn1c(-c2ccc(C)cc2)n[nH]c1=S)c1ccccc1. The number of methoxy groups -OCH3 is 1. The third-order valence-electron chi connectivity index (χ3n) is 4.77. The van der Waals surface area contributed by atoms with Crippen molar-refractivity contribution in [3.63, 3.8) is 0 Å². The number of hydrogen-bond donors (Lipinski definition) is 2. The summed E-state index contributed by atoms with van der Waals surface area (Å²) in [6, 6.07) is 16.8. The number of benzene rings is 2. The molecule has 3 rings (SSSR count). The van der Waals surface area contributed by atoms with Crippen LogP contribution in [-0.2, 0) is 20.9 Å². The van der Waals surface area contributed by atoms with Gasteiger partial charge in [-0.2, -0.15) is 5.10 Å². The van der Waals surface area contributed by atoms with Crippen LogP contribution in [0, 0.1) is 11.7 Å². The number of ether oxygens (including phenoxy) is 1. The summed E-state index contributed by atoms with van der Waals surface area (Å²) in [5.74, 6) is 0.107. The first-order valence-corrected chi connectivity index (χ1v) is 10.0. The Hall–Kier alpha value is -3.26. The van der Waals surface area contributed by atoms with Crippen LogP contribution in [0.5, 0.6) is 0 Å². The molecule has 0 fully saturated rings. The molecule has 0 saturated carbocycles. The standard InChI is InChI=1S/C22H24N4O3S/c1-15-8-10-17(11-9-15)21-24-25-22(30)26(21)13-12-19(27)23-18(14-20(28)29-2)16-6-4-3-5-7-16/h3-11,18H,12-14H2,1-2H3,(H,23,27)(H,25,30). The lowest BCUT2D eigenvalue weighted by molar-refractivity contribution is -0.141. The molecule has 0 saturated heterocycles. The lowest BCUT2D eigenvalue weighted by Crippen LogP contribution is -2.31. The zero-order chi connectivity index (χ0) is 21.5. The summed E-state index contributed by atoms with van der Waals surface area (Å²) in [4.78, 5) is 24.4. The lowest BCUT2D eigenvalue weighted by Gasteiger charge is -2.18. The van der Waals surface area contributed by atoms with Gasteiger partial charge < -0.3 is 10.1 Å². The number of amides is 1. The van der Waals surface area contributed by atoms with Crippen LogP contribution >= 0.6 is 12.2 Å². The fourth-order valence-electron chi connectivity index (χ4n) is 3.12. The average molecular weight is 425 g/mol. The van der Waals surface area contributed by atoms with Crippen LogP contribution in [0.3, 0.4) is 0 Å². The molecule has 0 bridgehead atoms. The number of esters is 1. The highest BCUT2D eigenvalue weighted by atomic mass is 32.1. The van der Waals surface area contributed by atoms with Crippen molar-refractivity contribution in [1.29, 1.82) is 0 Å². The van der Waals surface area contributed by atoms with Crippen molar-refractivity contribution < 1.29 is 14.3 Å². The minimum Gasteiger partial charge on any atom is -0.469 e. The molecule has 1 unspecified atom stereocenters. The van der Waals surface area contributed by atoms with Gasteiger partial charge in [-0.15, -0.1) is 0 Å². The van der Waals surface area contributed by atoms with Crippen LogP contribution in [0.15, 0.2) is 54.6 Å². The summed E-state index contributed by atoms with van der Waals surface area (Å²) in [6.45, 7) is 2.38. The quantitative estimate of drug-likeness (QED) is 0.425. The van der Waals surface area contributed by atoms with Gasteiger partial charge in [0.25, 0.3) is 0 Å². The minimum atomic E-state index is -0.458. The molecule has 8 heteroatoms. The fraction of sp³-hybridized carbons (Fsp3) is 0.273. The highest BCUT2D eigenvalue weighted by Crippen LogP contribution is 2.20. The number of aryl methyl sites for hydroxylation is 1. The highest BCUT2D eigenvalue weighted by Gasteiger charge is 2.19. The van der Waals surface area contributed by atoms with Gasteiger partial charge in [0, 0.05) is 18.5 Å². The second kappa shape index (κ2) is 9.98. The Labute approximate surface area is 180 Å². The monoisotopic (exact) mass is 424 g/mol. The lowest BCUT2D eigenvalue weighted by atomic mass is 10.0. The van der Waals surface area contributed by atoms with E-state index >= 15 is 0 Å². The smallest absolute Gasteiger partial charge is 0.307 e. The Bertz CT molecular complexity index is 1060. The third-order valence-corrected chi connectivity index (χ3v) is 5.08. The molecule has 7 nitrogen and oxygen atoms in total. The first-order chi connectivity index (χ1) is 14.5. The molecular formula is C22H24N4O3S. The maximum atomic E-state index is 12.7. The van der Waals surface area contributed by atoms with Gasteiger partial charge in [-0.1, -0.05) is 60.2 Å². The van der Waals surface area contributed by atoms with Crippen molar-refractivity contribution in [3.8, 4) is 11.4 Å². The highest BCUT2D eigenvalue weighted by molar-refractivity contribution is 7.71. The number of aromatic amines is 1. The predicted molar refractivity (Wildman–Crippen MR) is 116 cm³/mol. The van der Waals surface area contributed by atoms with E-state index in [-0.39, 0.29) is 24.7 Å². The topological polar surface area (TPSA) is 89.0 Å². The van der Waals surface area contributed by atoms with Gasteiger partial charge >= 0.3 is 5.97 Å². The molecular weight excluding hydrogens is 400 g/mol. The van der Waals surface area contributed by atoms with Crippen LogP contribution in [0.1, 0.15) is 30.0 Å². The van der Waals surface area contributed by atoms with E-state index in [1.54, 1.807) is 4.57 Å². The van der Waals surface area contributed by atoms with E-state index in [1.807, 2.05) is 61.5 Å². The summed E-state index contributed by atoms with van der Waals surface area (Å²) >= 11 is 5.34. The largest absolute Gasteiger partial charge is 0.469 e. The van der Waals surface area contributed by atoms with Crippen LogP contribution < -0.4 is 5.32 Å². The summed E-state index contributed by atoms with van der Waals surface area (Å²) in [5.41, 5.74) is 2.91. The molecule has 156 valence electrons. The predicted octanol–water partition coefficient (Wildman–Crippen LogP) is 3.73. The van der Waals surface area contributed by atoms with Crippen LogP contribution in [0.25, 0.3) is 11.4 Å². The van der Waals surface area contributed by atoms with E-state index in [2.05, 4.69) is 15.5 Å². The van der Waals surface area contributed by atoms with Gasteiger partial charge in [0.1, 0.15) is 0 Å². The summed E-state index contributed by atoms with van der Waals surface area (Å²) in [6.07, 6.45) is 0.253. The van der Waals surface area contributed by atoms with Gasteiger partial charge in [-0.05, 0) is 24.7 Å². The molecule has 2 aromatic carbocycles. The van der Waals surface area contributed by atoms with Crippen LogP contribution in [0.2, 0.25) is 0 Å². The first-order valence-electron chi connectivity index (χ1n) is 9.61. The molecule has 1 aromatic heterocycles. The Morgan fingerprint density at radius 2 is 1.87 bits per heavy atom. The zero-order valence-corrected chi connectivity index (χ0v) is 17.7. The van der Waals surface area contributed by atoms with Gasteiger partial charge in [0.2, 0.25) is 5.91 Å². The van der Waals surface area contributed by atoms with Crippen molar-refractivity contribution in [1.82, 2.24) is 20.1 Å². The Morgan fingerprint density at radius 1 is 1.17 bits per heavy atom. The van der Waals surface area contributed by atoms with E-state index in [4.69, 9.17) is 17.0 Å². The number of nitrogens with zero attached hydrogens (tertiary/aromatic N) is 2. The first kappa shape index (κ1) is 21.4. The van der Waals surface area contributed by atoms with Crippen molar-refractivity contribution in [2.75, 3.05) is 7.11 Å². The summed E-state index contributed by atoms with van der Waals surface area (Å²) < 4.78 is 7.03. The van der Waals surface area contributed by atoms with Gasteiger partial charge in [0.05, 0.1) is 19.6 Å². The second-order valence-corrected chi connectivity index (χ2v) is 7.32. The normalized spacial score (nSPS) is 11.7. The van der Waals surface area contributed by atoms with Crippen molar-refractivity contribution in [2.45, 2.75) is 32.4 Å². The maximum absolute atomic E-state index is 12.7. The molecule has 3 aromatic rings. The number of H-pyrrole nitrogens is 1. The van der Waals surface area contributed by atoms with E-state index in [9.17, 15) is 9.59 Å². The molecule has 1 heterocycles. The van der Waals surface area contributed by atoms with E-state index in [1.165, 1.54) is 7.11 Å². The molecule has 0 aliphatic rings. The molecule has 0 radical (unpaired) electrons. The average Bonchev–Trinajstić information content (AvgIpc) is 3.13. The number of carbonyl (C=O) groups excluding carboxylic acids is 2. The Kier molecular flexibility index (Phi) is 7.13. The van der Waals surface area contributed by atoms with E-state index in [0.29, 0.717) is 17.1 Å². The summed E-state index contributed by atoms with van der Waals surface area (Å²) in [7, 11) is 1.33. The minimum absolute atomic E-state index is 0.0615. The van der Waals surface area contributed by atoms with Crippen molar-refractivity contribution in [2.24, 2.45) is 0 Å². The molecule has 0 spiro atoms. The number of aromatic nitrogens is 3. The Morgan fingerprint density at radius 3 is 2.53 bits per heavy atom. The molecule has 30 heavy (non-hydrogen) atoms. The van der Waals surface area contributed by atoms with Gasteiger partial charge in [-0.25, -0.2) is 0 Å². The van der Waals surface area contributed by atoms with Crippen LogP contribution in [-0.4, -0.2) is 33.8 Å². The van der Waals surface area contributed by atoms with Crippen molar-refractivity contribution >= 4 is 24.1 Å². The van der Waals surface area contributed by atoms with Crippen LogP contribution in [0.4, 0.5) is 0 Å².